The van der Waals surface area contributed by atoms with E-state index in [2.05, 4.69) is 6.58 Å². The first kappa shape index (κ1) is 26.1. The predicted molar refractivity (Wildman–Crippen MR) is 148 cm³/mol. The minimum absolute atomic E-state index is 0.0325. The number of carbonyl (C=O) groups excluding carboxylic acids is 2. The second-order valence-electron chi connectivity index (χ2n) is 9.61. The van der Waals surface area contributed by atoms with Crippen LogP contribution in [0.15, 0.2) is 85.0 Å². The normalized spacial score (nSPS) is 19.5. The molecule has 0 bridgehead atoms. The van der Waals surface area contributed by atoms with Crippen LogP contribution in [0.5, 0.6) is 17.2 Å². The molecule has 0 saturated carbocycles. The molecule has 0 spiro atoms. The molecular weight excluding hydrogens is 494 g/mol. The van der Waals surface area contributed by atoms with Crippen LogP contribution in [0.2, 0.25) is 0 Å². The highest BCUT2D eigenvalue weighted by Gasteiger charge is 2.46. The average molecular weight is 526 g/mol. The Morgan fingerprint density at radius 2 is 1.87 bits per heavy atom. The first-order valence-electron chi connectivity index (χ1n) is 13.0. The smallest absolute Gasteiger partial charge is 0.295 e. The molecule has 5 rings (SSSR count). The molecule has 39 heavy (non-hydrogen) atoms. The number of fused-ring (bicyclic) bond motifs is 1. The van der Waals surface area contributed by atoms with Crippen molar-refractivity contribution in [3.8, 4) is 17.2 Å². The Morgan fingerprint density at radius 1 is 1.08 bits per heavy atom. The number of aliphatic hydroxyl groups excluding tert-OH is 1. The zero-order valence-electron chi connectivity index (χ0n) is 22.1. The van der Waals surface area contributed by atoms with Gasteiger partial charge in [0.1, 0.15) is 24.2 Å². The topological polar surface area (TPSA) is 85.3 Å². The zero-order valence-corrected chi connectivity index (χ0v) is 22.1. The van der Waals surface area contributed by atoms with Crippen molar-refractivity contribution in [1.29, 1.82) is 0 Å². The Bertz CT molecular complexity index is 1440. The zero-order chi connectivity index (χ0) is 27.5. The Morgan fingerprint density at radius 3 is 2.62 bits per heavy atom. The molecule has 2 atom stereocenters. The molecule has 0 aliphatic carbocycles. The molecular formula is C32H31NO6. The van der Waals surface area contributed by atoms with Crippen LogP contribution >= 0.6 is 0 Å². The van der Waals surface area contributed by atoms with E-state index in [4.69, 9.17) is 14.2 Å². The van der Waals surface area contributed by atoms with Gasteiger partial charge in [0.05, 0.1) is 18.2 Å². The third kappa shape index (κ3) is 5.12. The summed E-state index contributed by atoms with van der Waals surface area (Å²) < 4.78 is 17.4. The number of ketones is 1. The molecule has 1 amide bonds. The van der Waals surface area contributed by atoms with Gasteiger partial charge in [-0.05, 0) is 60.9 Å². The number of hydrogen-bond acceptors (Lipinski definition) is 6. The maximum atomic E-state index is 13.5. The van der Waals surface area contributed by atoms with Crippen LogP contribution < -0.4 is 14.2 Å². The molecule has 0 aromatic heterocycles. The summed E-state index contributed by atoms with van der Waals surface area (Å²) >= 11 is 0. The Hall–Kier alpha value is -4.52. The monoisotopic (exact) mass is 525 g/mol. The van der Waals surface area contributed by atoms with Crippen LogP contribution in [0.3, 0.4) is 0 Å². The maximum Gasteiger partial charge on any atom is 0.295 e. The van der Waals surface area contributed by atoms with Gasteiger partial charge in [0.25, 0.3) is 11.7 Å². The van der Waals surface area contributed by atoms with E-state index in [9.17, 15) is 14.7 Å². The van der Waals surface area contributed by atoms with Crippen molar-refractivity contribution in [1.82, 2.24) is 4.90 Å². The third-order valence-electron chi connectivity index (χ3n) is 6.85. The molecule has 1 N–H and O–H groups in total. The molecule has 3 aromatic carbocycles. The van der Waals surface area contributed by atoms with Crippen LogP contribution in [-0.4, -0.2) is 41.0 Å². The molecule has 200 valence electrons. The lowest BCUT2D eigenvalue weighted by atomic mass is 9.94. The summed E-state index contributed by atoms with van der Waals surface area (Å²) in [5, 5.41) is 11.5. The van der Waals surface area contributed by atoms with Crippen molar-refractivity contribution in [2.75, 3.05) is 13.2 Å². The summed E-state index contributed by atoms with van der Waals surface area (Å²) in [5.74, 6) is 0.133. The highest BCUT2D eigenvalue weighted by Crippen LogP contribution is 2.43. The van der Waals surface area contributed by atoms with Gasteiger partial charge in [0.15, 0.2) is 11.5 Å². The molecule has 7 nitrogen and oxygen atoms in total. The van der Waals surface area contributed by atoms with E-state index in [1.54, 1.807) is 36.4 Å². The second-order valence-corrected chi connectivity index (χ2v) is 9.61. The summed E-state index contributed by atoms with van der Waals surface area (Å²) in [7, 11) is 0. The first-order valence-corrected chi connectivity index (χ1v) is 13.0. The van der Waals surface area contributed by atoms with E-state index in [-0.39, 0.29) is 24.0 Å². The number of nitrogens with zero attached hydrogens (tertiary/aromatic N) is 1. The number of aliphatic hydroxyl groups is 1. The van der Waals surface area contributed by atoms with Gasteiger partial charge in [-0.3, -0.25) is 9.59 Å². The van der Waals surface area contributed by atoms with Gasteiger partial charge in [-0.2, -0.15) is 0 Å². The standard InChI is InChI=1S/C32H31NO6/c1-4-15-38-26-14-11-22(18-27(26)37-5-2)29-28(30(34)23-12-13-25-24(17-23)16-20(3)39-25)31(35)32(36)33(29)19-21-9-7-6-8-10-21/h4,6-14,17-18,20,29,34H,1,5,15-16,19H2,2-3H3/b30-28+. The molecule has 1 saturated heterocycles. The SMILES string of the molecule is C=CCOc1ccc(C2/C(=C(\O)c3ccc4c(c3)CC(C)O4)C(=O)C(=O)N2Cc2ccccc2)cc1OCC. The molecule has 2 heterocycles. The van der Waals surface area contributed by atoms with Gasteiger partial charge in [-0.15, -0.1) is 0 Å². The van der Waals surface area contributed by atoms with Crippen molar-refractivity contribution in [2.45, 2.75) is 39.0 Å². The third-order valence-corrected chi connectivity index (χ3v) is 6.85. The number of rotatable bonds is 9. The Labute approximate surface area is 227 Å². The lowest BCUT2D eigenvalue weighted by molar-refractivity contribution is -0.140. The number of ether oxygens (including phenoxy) is 3. The Balaban J connectivity index is 1.64. The summed E-state index contributed by atoms with van der Waals surface area (Å²) in [5.41, 5.74) is 2.93. The van der Waals surface area contributed by atoms with Crippen LogP contribution in [0.4, 0.5) is 0 Å². The number of benzene rings is 3. The molecule has 2 aliphatic heterocycles. The van der Waals surface area contributed by atoms with Gasteiger partial charge in [-0.25, -0.2) is 0 Å². The van der Waals surface area contributed by atoms with Crippen molar-refractivity contribution < 1.29 is 28.9 Å². The summed E-state index contributed by atoms with van der Waals surface area (Å²) in [6, 6.07) is 19.3. The highest BCUT2D eigenvalue weighted by atomic mass is 16.5. The first-order chi connectivity index (χ1) is 18.9. The number of amides is 1. The fourth-order valence-electron chi connectivity index (χ4n) is 5.13. The van der Waals surface area contributed by atoms with Gasteiger partial charge < -0.3 is 24.2 Å². The number of carbonyl (C=O) groups is 2. The van der Waals surface area contributed by atoms with E-state index < -0.39 is 17.7 Å². The lowest BCUT2D eigenvalue weighted by Crippen LogP contribution is -2.29. The van der Waals surface area contributed by atoms with E-state index >= 15 is 0 Å². The Kier molecular flexibility index (Phi) is 7.41. The van der Waals surface area contributed by atoms with E-state index in [1.807, 2.05) is 50.2 Å². The minimum Gasteiger partial charge on any atom is -0.507 e. The van der Waals surface area contributed by atoms with Gasteiger partial charge in [0, 0.05) is 18.5 Å². The van der Waals surface area contributed by atoms with E-state index in [0.717, 1.165) is 16.9 Å². The molecule has 7 heteroatoms. The van der Waals surface area contributed by atoms with Gasteiger partial charge in [0.2, 0.25) is 0 Å². The molecule has 0 radical (unpaired) electrons. The fourth-order valence-corrected chi connectivity index (χ4v) is 5.13. The predicted octanol–water partition coefficient (Wildman–Crippen LogP) is 5.60. The number of Topliss-reactive ketones (excluding diaryl/α,β-unsaturated/α-hetero) is 1. The maximum absolute atomic E-state index is 13.5. The highest BCUT2D eigenvalue weighted by molar-refractivity contribution is 6.46. The van der Waals surface area contributed by atoms with Crippen molar-refractivity contribution >= 4 is 17.4 Å². The van der Waals surface area contributed by atoms with Crippen molar-refractivity contribution in [2.24, 2.45) is 0 Å². The van der Waals surface area contributed by atoms with Gasteiger partial charge in [-0.1, -0.05) is 49.1 Å². The lowest BCUT2D eigenvalue weighted by Gasteiger charge is -2.26. The molecule has 3 aromatic rings. The summed E-state index contributed by atoms with van der Waals surface area (Å²) in [4.78, 5) is 28.4. The largest absolute Gasteiger partial charge is 0.507 e. The van der Waals surface area contributed by atoms with E-state index in [0.29, 0.717) is 42.3 Å². The van der Waals surface area contributed by atoms with E-state index in [1.165, 1.54) is 4.90 Å². The molecule has 1 fully saturated rings. The molecule has 2 unspecified atom stereocenters. The molecule has 2 aliphatic rings. The number of hydrogen-bond donors (Lipinski definition) is 1. The van der Waals surface area contributed by atoms with Gasteiger partial charge >= 0.3 is 0 Å². The minimum atomic E-state index is -0.832. The summed E-state index contributed by atoms with van der Waals surface area (Å²) in [6.07, 6.45) is 2.38. The quantitative estimate of drug-likeness (QED) is 0.170. The second kappa shape index (κ2) is 11.1. The fraction of sp³-hybridized carbons (Fsp3) is 0.250. The number of likely N-dealkylation sites (tertiary alicyclic amines) is 1. The van der Waals surface area contributed by atoms with Crippen LogP contribution in [0.25, 0.3) is 5.76 Å². The van der Waals surface area contributed by atoms with Crippen molar-refractivity contribution in [3.05, 3.63) is 107 Å². The average Bonchev–Trinajstić information content (AvgIpc) is 3.43. The van der Waals surface area contributed by atoms with Crippen LogP contribution in [0.1, 0.15) is 42.1 Å². The van der Waals surface area contributed by atoms with Crippen molar-refractivity contribution in [3.63, 3.8) is 0 Å². The van der Waals surface area contributed by atoms with Crippen LogP contribution in [0, 0.1) is 0 Å². The summed E-state index contributed by atoms with van der Waals surface area (Å²) in [6.45, 7) is 8.43. The van der Waals surface area contributed by atoms with Crippen LogP contribution in [-0.2, 0) is 22.6 Å².